The molecule has 3 rings (SSSR count). The molecule has 0 atom stereocenters. The van der Waals surface area contributed by atoms with Crippen LogP contribution in [0.4, 0.5) is 11.5 Å². The second-order valence-electron chi connectivity index (χ2n) is 7.23. The molecule has 0 aliphatic carbocycles. The van der Waals surface area contributed by atoms with Crippen LogP contribution >= 0.6 is 0 Å². The zero-order valence-corrected chi connectivity index (χ0v) is 17.1. The molecule has 5 nitrogen and oxygen atoms in total. The lowest BCUT2D eigenvalue weighted by Crippen LogP contribution is -2.27. The summed E-state index contributed by atoms with van der Waals surface area (Å²) in [5.41, 5.74) is 2.83. The fourth-order valence-corrected chi connectivity index (χ4v) is 3.06. The molecule has 1 N–H and O–H groups in total. The molecule has 1 heterocycles. The van der Waals surface area contributed by atoms with Crippen molar-refractivity contribution in [3.05, 3.63) is 90.1 Å². The van der Waals surface area contributed by atoms with E-state index in [0.717, 1.165) is 24.5 Å². The average molecular weight is 389 g/mol. The Morgan fingerprint density at radius 2 is 1.62 bits per heavy atom. The van der Waals surface area contributed by atoms with E-state index < -0.39 is 0 Å². The first-order valence-electron chi connectivity index (χ1n) is 9.89. The van der Waals surface area contributed by atoms with Crippen LogP contribution in [0.25, 0.3) is 0 Å². The fraction of sp³-hybridized carbons (Fsp3) is 0.250. The van der Waals surface area contributed by atoms with E-state index in [-0.39, 0.29) is 5.91 Å². The number of hydrogen-bond acceptors (Lipinski definition) is 4. The van der Waals surface area contributed by atoms with Gasteiger partial charge in [-0.2, -0.15) is 0 Å². The summed E-state index contributed by atoms with van der Waals surface area (Å²) in [5, 5.41) is 2.96. The summed E-state index contributed by atoms with van der Waals surface area (Å²) in [4.78, 5) is 21.2. The number of rotatable bonds is 9. The van der Waals surface area contributed by atoms with Gasteiger partial charge in [0.2, 0.25) is 0 Å². The molecule has 0 unspecified atom stereocenters. The summed E-state index contributed by atoms with van der Waals surface area (Å²) in [6, 6.07) is 24.2. The van der Waals surface area contributed by atoms with Gasteiger partial charge in [0.25, 0.3) is 5.91 Å². The van der Waals surface area contributed by atoms with E-state index in [1.807, 2.05) is 62.6 Å². The molecule has 3 aromatic rings. The molecular formula is C24H28N4O. The summed E-state index contributed by atoms with van der Waals surface area (Å²) >= 11 is 0. The van der Waals surface area contributed by atoms with Crippen molar-refractivity contribution >= 4 is 17.4 Å². The molecule has 150 valence electrons. The summed E-state index contributed by atoms with van der Waals surface area (Å²) in [5.74, 6) is 0.723. The normalized spacial score (nSPS) is 10.7. The molecule has 0 saturated carbocycles. The molecule has 0 spiro atoms. The number of carbonyl (C=O) groups is 1. The van der Waals surface area contributed by atoms with Gasteiger partial charge < -0.3 is 15.1 Å². The highest BCUT2D eigenvalue weighted by Crippen LogP contribution is 2.25. The zero-order chi connectivity index (χ0) is 20.5. The highest BCUT2D eigenvalue weighted by molar-refractivity contribution is 5.94. The number of nitrogens with zero attached hydrogens (tertiary/aromatic N) is 3. The third-order valence-corrected chi connectivity index (χ3v) is 4.61. The number of benzene rings is 2. The van der Waals surface area contributed by atoms with Crippen LogP contribution in [0.5, 0.6) is 0 Å². The van der Waals surface area contributed by atoms with E-state index in [1.54, 1.807) is 6.20 Å². The molecule has 0 bridgehead atoms. The third kappa shape index (κ3) is 6.16. The van der Waals surface area contributed by atoms with Crippen LogP contribution in [0, 0.1) is 0 Å². The monoisotopic (exact) mass is 388 g/mol. The Morgan fingerprint density at radius 1 is 0.931 bits per heavy atom. The van der Waals surface area contributed by atoms with Gasteiger partial charge in [-0.3, -0.25) is 4.79 Å². The first-order valence-corrected chi connectivity index (χ1v) is 9.89. The second-order valence-corrected chi connectivity index (χ2v) is 7.23. The lowest BCUT2D eigenvalue weighted by atomic mass is 10.2. The van der Waals surface area contributed by atoms with E-state index in [9.17, 15) is 4.79 Å². The van der Waals surface area contributed by atoms with Gasteiger partial charge in [0.15, 0.2) is 0 Å². The lowest BCUT2D eigenvalue weighted by molar-refractivity contribution is 0.0952. The summed E-state index contributed by atoms with van der Waals surface area (Å²) in [6.45, 7) is 2.31. The number of hydrogen-bond donors (Lipinski definition) is 1. The lowest BCUT2D eigenvalue weighted by Gasteiger charge is -2.24. The third-order valence-electron chi connectivity index (χ3n) is 4.61. The van der Waals surface area contributed by atoms with E-state index in [1.165, 1.54) is 5.56 Å². The van der Waals surface area contributed by atoms with E-state index in [0.29, 0.717) is 18.7 Å². The average Bonchev–Trinajstić information content (AvgIpc) is 2.76. The van der Waals surface area contributed by atoms with Gasteiger partial charge in [-0.05, 0) is 56.9 Å². The van der Waals surface area contributed by atoms with Gasteiger partial charge in [-0.25, -0.2) is 4.98 Å². The Bertz CT molecular complexity index is 880. The van der Waals surface area contributed by atoms with Crippen molar-refractivity contribution in [2.45, 2.75) is 13.0 Å². The van der Waals surface area contributed by atoms with Crippen molar-refractivity contribution < 1.29 is 4.79 Å². The number of aromatic nitrogens is 1. The van der Waals surface area contributed by atoms with Gasteiger partial charge in [0, 0.05) is 25.0 Å². The molecular weight excluding hydrogens is 360 g/mol. The van der Waals surface area contributed by atoms with Crippen LogP contribution in [0.15, 0.2) is 79.0 Å². The van der Waals surface area contributed by atoms with Crippen molar-refractivity contribution in [3.63, 3.8) is 0 Å². The van der Waals surface area contributed by atoms with Crippen LogP contribution < -0.4 is 10.2 Å². The van der Waals surface area contributed by atoms with Crippen molar-refractivity contribution in [2.24, 2.45) is 0 Å². The largest absolute Gasteiger partial charge is 0.352 e. The number of nitrogens with one attached hydrogen (secondary N) is 1. The molecule has 5 heteroatoms. The maximum absolute atomic E-state index is 12.4. The minimum atomic E-state index is -0.0860. The number of anilines is 2. The van der Waals surface area contributed by atoms with Gasteiger partial charge in [0.1, 0.15) is 5.82 Å². The van der Waals surface area contributed by atoms with Gasteiger partial charge in [0.05, 0.1) is 5.56 Å². The molecule has 0 aliphatic heterocycles. The predicted molar refractivity (Wildman–Crippen MR) is 118 cm³/mol. The molecule has 2 aromatic carbocycles. The standard InChI is InChI=1S/C24H28N4O/c1-27(2)17-9-16-25-24(29)21-14-15-23(26-18-21)28(22-12-7-4-8-13-22)19-20-10-5-3-6-11-20/h3-8,10-15,18H,9,16-17,19H2,1-2H3,(H,25,29). The van der Waals surface area contributed by atoms with Crippen LogP contribution in [0.3, 0.4) is 0 Å². The van der Waals surface area contributed by atoms with Gasteiger partial charge >= 0.3 is 0 Å². The van der Waals surface area contributed by atoms with Crippen LogP contribution in [0.2, 0.25) is 0 Å². The van der Waals surface area contributed by atoms with E-state index >= 15 is 0 Å². The highest BCUT2D eigenvalue weighted by atomic mass is 16.1. The topological polar surface area (TPSA) is 48.5 Å². The number of amides is 1. The van der Waals surface area contributed by atoms with Crippen molar-refractivity contribution in [1.29, 1.82) is 0 Å². The minimum absolute atomic E-state index is 0.0860. The molecule has 0 aliphatic rings. The first kappa shape index (κ1) is 20.6. The predicted octanol–water partition coefficient (Wildman–Crippen LogP) is 4.10. The molecule has 1 amide bonds. The number of para-hydroxylation sites is 1. The number of pyridine rings is 1. The fourth-order valence-electron chi connectivity index (χ4n) is 3.06. The maximum Gasteiger partial charge on any atom is 0.252 e. The Morgan fingerprint density at radius 3 is 2.24 bits per heavy atom. The minimum Gasteiger partial charge on any atom is -0.352 e. The maximum atomic E-state index is 12.4. The Labute approximate surface area is 173 Å². The SMILES string of the molecule is CN(C)CCCNC(=O)c1ccc(N(Cc2ccccc2)c2ccccc2)nc1. The number of carbonyl (C=O) groups excluding carboxylic acids is 1. The summed E-state index contributed by atoms with van der Waals surface area (Å²) in [7, 11) is 4.05. The summed E-state index contributed by atoms with van der Waals surface area (Å²) in [6.07, 6.45) is 2.57. The van der Waals surface area contributed by atoms with Crippen molar-refractivity contribution in [1.82, 2.24) is 15.2 Å². The van der Waals surface area contributed by atoms with Crippen LogP contribution in [-0.4, -0.2) is 43.0 Å². The Balaban J connectivity index is 1.72. The smallest absolute Gasteiger partial charge is 0.252 e. The zero-order valence-electron chi connectivity index (χ0n) is 17.1. The Hall–Kier alpha value is -3.18. The first-order chi connectivity index (χ1) is 14.1. The van der Waals surface area contributed by atoms with Crippen molar-refractivity contribution in [2.75, 3.05) is 32.1 Å². The van der Waals surface area contributed by atoms with E-state index in [4.69, 9.17) is 0 Å². The van der Waals surface area contributed by atoms with Gasteiger partial charge in [-0.1, -0.05) is 48.5 Å². The molecule has 29 heavy (non-hydrogen) atoms. The molecule has 0 saturated heterocycles. The highest BCUT2D eigenvalue weighted by Gasteiger charge is 2.13. The molecule has 0 fully saturated rings. The quantitative estimate of drug-likeness (QED) is 0.561. The van der Waals surface area contributed by atoms with Crippen LogP contribution in [-0.2, 0) is 6.54 Å². The van der Waals surface area contributed by atoms with E-state index in [2.05, 4.69) is 44.4 Å². The molecule has 0 radical (unpaired) electrons. The van der Waals surface area contributed by atoms with Crippen molar-refractivity contribution in [3.8, 4) is 0 Å². The van der Waals surface area contributed by atoms with Gasteiger partial charge in [-0.15, -0.1) is 0 Å². The van der Waals surface area contributed by atoms with Crippen LogP contribution in [0.1, 0.15) is 22.3 Å². The summed E-state index contributed by atoms with van der Waals surface area (Å²) < 4.78 is 0. The Kier molecular flexibility index (Phi) is 7.36. The second kappa shape index (κ2) is 10.4. The molecule has 1 aromatic heterocycles.